The van der Waals surface area contributed by atoms with Gasteiger partial charge in [-0.25, -0.2) is 4.79 Å². The molecule has 5 nitrogen and oxygen atoms in total. The first-order valence-corrected chi connectivity index (χ1v) is 10.3. The van der Waals surface area contributed by atoms with Crippen LogP contribution in [0.15, 0.2) is 30.3 Å². The van der Waals surface area contributed by atoms with Crippen LogP contribution in [0.25, 0.3) is 0 Å². The first-order valence-electron chi connectivity index (χ1n) is 7.67. The van der Waals surface area contributed by atoms with Crippen molar-refractivity contribution in [1.29, 1.82) is 0 Å². The maximum atomic E-state index is 12.6. The lowest BCUT2D eigenvalue weighted by Gasteiger charge is -2.08. The molecule has 2 aromatic carbocycles. The van der Waals surface area contributed by atoms with Crippen LogP contribution in [0.4, 0.5) is 0 Å². The molecule has 0 amide bonds. The Morgan fingerprint density at radius 1 is 0.963 bits per heavy atom. The number of ketones is 1. The third-order valence-corrected chi connectivity index (χ3v) is 5.82. The Hall–Kier alpha value is -1.65. The lowest BCUT2D eigenvalue weighted by atomic mass is 10.1. The zero-order chi connectivity index (χ0) is 20.1. The summed E-state index contributed by atoms with van der Waals surface area (Å²) in [5.41, 5.74) is -0.479. The molecule has 0 radical (unpaired) electrons. The quantitative estimate of drug-likeness (QED) is 0.371. The second-order valence-corrected chi connectivity index (χ2v) is 8.22. The molecule has 2 rings (SSSR count). The minimum atomic E-state index is -2.39. The Bertz CT molecular complexity index is 869. The summed E-state index contributed by atoms with van der Waals surface area (Å²) in [4.78, 5) is 25.0. The van der Waals surface area contributed by atoms with Crippen LogP contribution in [0, 0.1) is 0 Å². The largest absolute Gasteiger partial charge is 0.496 e. The summed E-state index contributed by atoms with van der Waals surface area (Å²) in [6, 6.07) is 7.57. The highest BCUT2D eigenvalue weighted by Gasteiger charge is 2.35. The zero-order valence-electron chi connectivity index (χ0n) is 14.4. The molecule has 0 fully saturated rings. The van der Waals surface area contributed by atoms with Crippen LogP contribution in [0.1, 0.15) is 27.1 Å². The summed E-state index contributed by atoms with van der Waals surface area (Å²) in [6.45, 7) is 0. The Kier molecular flexibility index (Phi) is 7.63. The van der Waals surface area contributed by atoms with Crippen LogP contribution in [0.2, 0.25) is 15.1 Å². The molecule has 0 saturated carbocycles. The van der Waals surface area contributed by atoms with Gasteiger partial charge < -0.3 is 9.47 Å². The molecule has 0 bridgehead atoms. The molecule has 0 saturated heterocycles. The normalized spacial score (nSPS) is 11.1. The number of rotatable bonds is 8. The SMILES string of the molecule is COc1cccc(OC)c1C(=O)[P+](=O)CCC(=O)c1c(Cl)cc(Cl)cc1Cl. The van der Waals surface area contributed by atoms with Crippen molar-refractivity contribution in [3.8, 4) is 11.5 Å². The standard InChI is InChI=1S/C18H15Cl3O5P/c1-25-14-4-3-5-15(26-2)17(14)18(23)27(24)7-6-13(22)16-11(20)8-10(19)9-12(16)21/h3-5,8-9H,6-7H2,1-2H3/q+1. The lowest BCUT2D eigenvalue weighted by molar-refractivity contribution is 0.0989. The summed E-state index contributed by atoms with van der Waals surface area (Å²) < 4.78 is 22.8. The van der Waals surface area contributed by atoms with Gasteiger partial charge in [-0.3, -0.25) is 4.79 Å². The van der Waals surface area contributed by atoms with Gasteiger partial charge in [0.1, 0.15) is 11.5 Å². The van der Waals surface area contributed by atoms with Gasteiger partial charge in [-0.2, -0.15) is 0 Å². The molecule has 1 unspecified atom stereocenters. The molecule has 142 valence electrons. The Labute approximate surface area is 172 Å². The minimum Gasteiger partial charge on any atom is -0.496 e. The number of methoxy groups -OCH3 is 2. The van der Waals surface area contributed by atoms with Gasteiger partial charge in [0.25, 0.3) is 0 Å². The van der Waals surface area contributed by atoms with Crippen molar-refractivity contribution in [2.75, 3.05) is 20.4 Å². The molecular formula is C18H15Cl3O5P+. The summed E-state index contributed by atoms with van der Waals surface area (Å²) in [6.07, 6.45) is -0.330. The molecule has 0 aliphatic rings. The first-order chi connectivity index (χ1) is 12.8. The monoisotopic (exact) mass is 447 g/mol. The van der Waals surface area contributed by atoms with Gasteiger partial charge in [-0.05, 0) is 24.3 Å². The second kappa shape index (κ2) is 9.52. The molecule has 27 heavy (non-hydrogen) atoms. The van der Waals surface area contributed by atoms with E-state index in [1.165, 1.54) is 26.4 Å². The van der Waals surface area contributed by atoms with Gasteiger partial charge in [0.2, 0.25) is 0 Å². The molecule has 0 aromatic heterocycles. The number of carbonyl (C=O) groups excluding carboxylic acids is 2. The van der Waals surface area contributed by atoms with Crippen molar-refractivity contribution in [3.05, 3.63) is 56.5 Å². The minimum absolute atomic E-state index is 0.0821. The fourth-order valence-corrected chi connectivity index (χ4v) is 4.53. The Balaban J connectivity index is 2.17. The zero-order valence-corrected chi connectivity index (χ0v) is 17.6. The Morgan fingerprint density at radius 2 is 1.48 bits per heavy atom. The van der Waals surface area contributed by atoms with E-state index in [1.807, 2.05) is 0 Å². The van der Waals surface area contributed by atoms with E-state index < -0.39 is 19.1 Å². The number of benzene rings is 2. The molecule has 0 N–H and O–H groups in total. The van der Waals surface area contributed by atoms with Crippen molar-refractivity contribution in [2.45, 2.75) is 6.42 Å². The van der Waals surface area contributed by atoms with Gasteiger partial charge in [0.05, 0.1) is 36.2 Å². The van der Waals surface area contributed by atoms with Gasteiger partial charge in [0, 0.05) is 5.02 Å². The third-order valence-electron chi connectivity index (χ3n) is 3.70. The van der Waals surface area contributed by atoms with Gasteiger partial charge in [-0.1, -0.05) is 45.4 Å². The van der Waals surface area contributed by atoms with E-state index in [2.05, 4.69) is 0 Å². The van der Waals surface area contributed by atoms with Crippen molar-refractivity contribution in [2.24, 2.45) is 0 Å². The summed E-state index contributed by atoms with van der Waals surface area (Å²) >= 11 is 17.9. The van der Waals surface area contributed by atoms with Crippen molar-refractivity contribution in [1.82, 2.24) is 0 Å². The van der Waals surface area contributed by atoms with Gasteiger partial charge in [0.15, 0.2) is 17.5 Å². The van der Waals surface area contributed by atoms with Crippen LogP contribution < -0.4 is 9.47 Å². The maximum absolute atomic E-state index is 12.6. The maximum Gasteiger partial charge on any atom is 0.420 e. The highest BCUT2D eigenvalue weighted by Crippen LogP contribution is 2.38. The lowest BCUT2D eigenvalue weighted by Crippen LogP contribution is -2.06. The summed E-state index contributed by atoms with van der Waals surface area (Å²) in [5.74, 6) is 0.0699. The number of halogens is 3. The highest BCUT2D eigenvalue weighted by molar-refractivity contribution is 7.64. The number of carbonyl (C=O) groups is 2. The average Bonchev–Trinajstić information content (AvgIpc) is 2.63. The van der Waals surface area contributed by atoms with Crippen molar-refractivity contribution < 1.29 is 23.6 Å². The van der Waals surface area contributed by atoms with E-state index in [-0.39, 0.29) is 45.3 Å². The van der Waals surface area contributed by atoms with E-state index >= 15 is 0 Å². The van der Waals surface area contributed by atoms with E-state index in [9.17, 15) is 14.2 Å². The van der Waals surface area contributed by atoms with E-state index in [0.717, 1.165) is 0 Å². The van der Waals surface area contributed by atoms with E-state index in [4.69, 9.17) is 44.3 Å². The number of hydrogen-bond acceptors (Lipinski definition) is 5. The first kappa shape index (κ1) is 21.6. The highest BCUT2D eigenvalue weighted by atomic mass is 35.5. The number of hydrogen-bond donors (Lipinski definition) is 0. The fourth-order valence-electron chi connectivity index (χ4n) is 2.42. The van der Waals surface area contributed by atoms with Gasteiger partial charge in [-0.15, -0.1) is 0 Å². The average molecular weight is 449 g/mol. The molecule has 1 atom stereocenters. The molecule has 0 aliphatic heterocycles. The van der Waals surface area contributed by atoms with E-state index in [1.54, 1.807) is 18.2 Å². The third kappa shape index (κ3) is 4.99. The van der Waals surface area contributed by atoms with Crippen LogP contribution in [-0.4, -0.2) is 31.7 Å². The molecule has 0 aliphatic carbocycles. The molecule has 0 heterocycles. The topological polar surface area (TPSA) is 69.7 Å². The summed E-state index contributed by atoms with van der Waals surface area (Å²) in [7, 11) is 0.399. The van der Waals surface area contributed by atoms with Crippen molar-refractivity contribution >= 4 is 53.9 Å². The fraction of sp³-hybridized carbons (Fsp3) is 0.222. The van der Waals surface area contributed by atoms with Crippen LogP contribution >= 0.6 is 42.6 Å². The second-order valence-electron chi connectivity index (χ2n) is 5.36. The summed E-state index contributed by atoms with van der Waals surface area (Å²) in [5, 5.41) is 0.502. The smallest absolute Gasteiger partial charge is 0.420 e. The number of ether oxygens (including phenoxy) is 2. The Morgan fingerprint density at radius 3 is 1.96 bits per heavy atom. The predicted octanol–water partition coefficient (Wildman–Crippen LogP) is 5.90. The molecular weight excluding hydrogens is 434 g/mol. The number of Topliss-reactive ketones (excluding diaryl/α,β-unsaturated/α-hetero) is 1. The van der Waals surface area contributed by atoms with E-state index in [0.29, 0.717) is 5.02 Å². The molecule has 0 spiro atoms. The molecule has 2 aromatic rings. The van der Waals surface area contributed by atoms with Crippen LogP contribution in [0.3, 0.4) is 0 Å². The van der Waals surface area contributed by atoms with Crippen LogP contribution in [0.5, 0.6) is 11.5 Å². The van der Waals surface area contributed by atoms with Crippen molar-refractivity contribution in [3.63, 3.8) is 0 Å². The molecule has 9 heteroatoms. The predicted molar refractivity (Wildman–Crippen MR) is 107 cm³/mol. The van der Waals surface area contributed by atoms with Gasteiger partial charge >= 0.3 is 13.3 Å². The van der Waals surface area contributed by atoms with Crippen LogP contribution in [-0.2, 0) is 4.57 Å².